The first-order chi connectivity index (χ1) is 5.25. The van der Waals surface area contributed by atoms with Gasteiger partial charge < -0.3 is 0 Å². The predicted octanol–water partition coefficient (Wildman–Crippen LogP) is 0.774. The zero-order valence-electron chi connectivity index (χ0n) is 6.19. The monoisotopic (exact) mass is 158 g/mol. The maximum Gasteiger partial charge on any atom is 0.293 e. The van der Waals surface area contributed by atoms with Gasteiger partial charge in [0.1, 0.15) is 0 Å². The van der Waals surface area contributed by atoms with E-state index in [0.717, 1.165) is 12.8 Å². The Morgan fingerprint density at radius 2 is 2.00 bits per heavy atom. The van der Waals surface area contributed by atoms with Gasteiger partial charge in [0.25, 0.3) is 5.91 Å². The minimum atomic E-state index is -0.804. The second-order valence-corrected chi connectivity index (χ2v) is 2.60. The summed E-state index contributed by atoms with van der Waals surface area (Å²) in [5, 5.41) is 0. The molecule has 3 nitrogen and oxygen atoms in total. The molecule has 0 saturated heterocycles. The van der Waals surface area contributed by atoms with Crippen LogP contribution in [0.5, 0.6) is 0 Å². The predicted molar refractivity (Wildman–Crippen MR) is 38.9 cm³/mol. The topological polar surface area (TPSA) is 55.1 Å². The molecule has 0 aromatic rings. The zero-order chi connectivity index (χ0) is 8.27. The lowest BCUT2D eigenvalue weighted by atomic mass is 10.2. The van der Waals surface area contributed by atoms with E-state index in [9.17, 15) is 9.18 Å². The van der Waals surface area contributed by atoms with Crippen molar-refractivity contribution in [3.63, 3.8) is 0 Å². The van der Waals surface area contributed by atoms with Crippen LogP contribution < -0.4 is 11.3 Å². The maximum atomic E-state index is 12.9. The largest absolute Gasteiger partial charge is 0.293 e. The summed E-state index contributed by atoms with van der Waals surface area (Å²) in [7, 11) is 0. The van der Waals surface area contributed by atoms with Gasteiger partial charge in [0.05, 0.1) is 0 Å². The molecule has 0 radical (unpaired) electrons. The number of carbonyl (C=O) groups is 1. The van der Waals surface area contributed by atoms with Crippen molar-refractivity contribution < 1.29 is 9.18 Å². The van der Waals surface area contributed by atoms with Crippen LogP contribution in [0.15, 0.2) is 11.4 Å². The van der Waals surface area contributed by atoms with Crippen molar-refractivity contribution in [1.29, 1.82) is 0 Å². The number of hydrazine groups is 1. The molecule has 4 heteroatoms. The van der Waals surface area contributed by atoms with Crippen molar-refractivity contribution in [2.45, 2.75) is 25.7 Å². The van der Waals surface area contributed by atoms with Crippen LogP contribution in [-0.4, -0.2) is 5.91 Å². The van der Waals surface area contributed by atoms with E-state index in [4.69, 9.17) is 5.84 Å². The number of amides is 1. The molecule has 3 N–H and O–H groups in total. The molecule has 1 aliphatic carbocycles. The van der Waals surface area contributed by atoms with Crippen LogP contribution in [0.1, 0.15) is 25.7 Å². The first-order valence-electron chi connectivity index (χ1n) is 3.64. The van der Waals surface area contributed by atoms with Crippen LogP contribution in [0.4, 0.5) is 4.39 Å². The summed E-state index contributed by atoms with van der Waals surface area (Å²) in [6, 6.07) is 0. The van der Waals surface area contributed by atoms with Crippen LogP contribution >= 0.6 is 0 Å². The number of allylic oxidation sites excluding steroid dienone is 1. The van der Waals surface area contributed by atoms with Gasteiger partial charge in [0, 0.05) is 0 Å². The number of nitrogens with two attached hydrogens (primary N) is 1. The number of nitrogens with one attached hydrogen (secondary N) is 1. The molecular weight excluding hydrogens is 147 g/mol. The van der Waals surface area contributed by atoms with Crippen molar-refractivity contribution in [2.24, 2.45) is 5.84 Å². The van der Waals surface area contributed by atoms with E-state index in [2.05, 4.69) is 0 Å². The lowest BCUT2D eigenvalue weighted by Gasteiger charge is -1.98. The van der Waals surface area contributed by atoms with E-state index < -0.39 is 11.7 Å². The highest BCUT2D eigenvalue weighted by Crippen LogP contribution is 2.27. The highest BCUT2D eigenvalue weighted by Gasteiger charge is 2.17. The molecule has 62 valence electrons. The number of halogens is 1. The summed E-state index contributed by atoms with van der Waals surface area (Å²) in [5.74, 6) is 3.27. The summed E-state index contributed by atoms with van der Waals surface area (Å²) in [4.78, 5) is 10.6. The average molecular weight is 158 g/mol. The van der Waals surface area contributed by atoms with Gasteiger partial charge in [-0.05, 0) is 31.3 Å². The Hall–Kier alpha value is -0.900. The number of carbonyl (C=O) groups excluding carboxylic acids is 1. The Labute approximate surface area is 64.4 Å². The summed E-state index contributed by atoms with van der Waals surface area (Å²) >= 11 is 0. The van der Waals surface area contributed by atoms with E-state index in [1.165, 1.54) is 0 Å². The molecule has 0 heterocycles. The molecule has 1 aliphatic rings. The first-order valence-corrected chi connectivity index (χ1v) is 3.64. The minimum Gasteiger partial charge on any atom is -0.288 e. The summed E-state index contributed by atoms with van der Waals surface area (Å²) < 4.78 is 12.9. The van der Waals surface area contributed by atoms with Gasteiger partial charge in [-0.15, -0.1) is 0 Å². The van der Waals surface area contributed by atoms with E-state index in [1.54, 1.807) is 5.43 Å². The van der Waals surface area contributed by atoms with Crippen molar-refractivity contribution in [3.8, 4) is 0 Å². The second kappa shape index (κ2) is 3.48. The van der Waals surface area contributed by atoms with Crippen LogP contribution in [0.25, 0.3) is 0 Å². The molecule has 11 heavy (non-hydrogen) atoms. The molecule has 0 unspecified atom stereocenters. The van der Waals surface area contributed by atoms with Gasteiger partial charge in [-0.1, -0.05) is 0 Å². The van der Waals surface area contributed by atoms with E-state index >= 15 is 0 Å². The van der Waals surface area contributed by atoms with Crippen LogP contribution in [0.3, 0.4) is 0 Å². The fourth-order valence-corrected chi connectivity index (χ4v) is 1.25. The number of hydrogen-bond donors (Lipinski definition) is 2. The van der Waals surface area contributed by atoms with Crippen molar-refractivity contribution in [1.82, 2.24) is 5.43 Å². The van der Waals surface area contributed by atoms with Crippen LogP contribution in [0.2, 0.25) is 0 Å². The van der Waals surface area contributed by atoms with Crippen LogP contribution in [-0.2, 0) is 4.79 Å². The second-order valence-electron chi connectivity index (χ2n) is 2.60. The van der Waals surface area contributed by atoms with E-state index in [-0.39, 0.29) is 0 Å². The number of rotatable bonds is 1. The molecule has 0 bridgehead atoms. The molecule has 0 atom stereocenters. The zero-order valence-corrected chi connectivity index (χ0v) is 6.19. The summed E-state index contributed by atoms with van der Waals surface area (Å²) in [6.07, 6.45) is 3.33. The Kier molecular flexibility index (Phi) is 2.59. The van der Waals surface area contributed by atoms with Gasteiger partial charge in [0.2, 0.25) is 0 Å². The fourth-order valence-electron chi connectivity index (χ4n) is 1.25. The molecule has 1 saturated carbocycles. The number of hydrogen-bond acceptors (Lipinski definition) is 2. The normalized spacial score (nSPS) is 16.7. The SMILES string of the molecule is NNC(=O)C(F)=C1CCCC1. The van der Waals surface area contributed by atoms with Crippen molar-refractivity contribution in [3.05, 3.63) is 11.4 Å². The first kappa shape index (κ1) is 8.20. The maximum absolute atomic E-state index is 12.9. The molecule has 1 amide bonds. The van der Waals surface area contributed by atoms with Gasteiger partial charge >= 0.3 is 0 Å². The average Bonchev–Trinajstić information content (AvgIpc) is 2.53. The Morgan fingerprint density at radius 1 is 1.45 bits per heavy atom. The quantitative estimate of drug-likeness (QED) is 0.256. The van der Waals surface area contributed by atoms with Crippen LogP contribution in [0, 0.1) is 0 Å². The minimum absolute atomic E-state index is 0.605. The third kappa shape index (κ3) is 1.77. The fraction of sp³-hybridized carbons (Fsp3) is 0.571. The third-order valence-corrected chi connectivity index (χ3v) is 1.85. The molecule has 1 fully saturated rings. The van der Waals surface area contributed by atoms with Crippen molar-refractivity contribution in [2.75, 3.05) is 0 Å². The standard InChI is InChI=1S/C7H11FN2O/c8-6(7(11)10-9)5-3-1-2-4-5/h1-4,9H2,(H,10,11). The molecular formula is C7H11FN2O. The van der Waals surface area contributed by atoms with Gasteiger partial charge in [0.15, 0.2) is 5.83 Å². The Balaban J connectivity index is 2.69. The molecule has 0 spiro atoms. The van der Waals surface area contributed by atoms with Crippen molar-refractivity contribution >= 4 is 5.91 Å². The smallest absolute Gasteiger partial charge is 0.288 e. The van der Waals surface area contributed by atoms with Gasteiger partial charge in [-0.2, -0.15) is 0 Å². The lowest BCUT2D eigenvalue weighted by Crippen LogP contribution is -2.30. The molecule has 1 rings (SSSR count). The highest BCUT2D eigenvalue weighted by atomic mass is 19.1. The molecule has 0 aromatic heterocycles. The third-order valence-electron chi connectivity index (χ3n) is 1.85. The molecule has 0 aliphatic heterocycles. The van der Waals surface area contributed by atoms with E-state index in [0.29, 0.717) is 18.4 Å². The van der Waals surface area contributed by atoms with Gasteiger partial charge in [-0.3, -0.25) is 10.2 Å². The lowest BCUT2D eigenvalue weighted by molar-refractivity contribution is -0.119. The summed E-state index contributed by atoms with van der Waals surface area (Å²) in [5.41, 5.74) is 2.37. The molecule has 0 aromatic carbocycles. The van der Waals surface area contributed by atoms with E-state index in [1.807, 2.05) is 0 Å². The summed E-state index contributed by atoms with van der Waals surface area (Å²) in [6.45, 7) is 0. The Morgan fingerprint density at radius 3 is 2.45 bits per heavy atom. The van der Waals surface area contributed by atoms with Gasteiger partial charge in [-0.25, -0.2) is 10.2 Å². The highest BCUT2D eigenvalue weighted by molar-refractivity contribution is 5.91. The Bertz CT molecular complexity index is 193.